The van der Waals surface area contributed by atoms with Crippen LogP contribution in [-0.4, -0.2) is 32.3 Å². The van der Waals surface area contributed by atoms with Gasteiger partial charge in [0.1, 0.15) is 6.54 Å². The molecule has 0 spiro atoms. The molecule has 0 saturated heterocycles. The molecular weight excluding hydrogens is 295 g/mol. The fraction of sp³-hybridized carbons (Fsp3) is 0.600. The number of carbonyl (C=O) groups is 2. The molecule has 0 aliphatic rings. The summed E-state index contributed by atoms with van der Waals surface area (Å²) in [5, 5.41) is 7.26. The Morgan fingerprint density at radius 3 is 2.33 bits per heavy atom. The third kappa shape index (κ3) is 4.33. The van der Waals surface area contributed by atoms with Gasteiger partial charge in [-0.1, -0.05) is 0 Å². The summed E-state index contributed by atoms with van der Waals surface area (Å²) in [5.74, 6) is -2.38. The van der Waals surface area contributed by atoms with Crippen LogP contribution in [0.4, 0.5) is 18.0 Å². The van der Waals surface area contributed by atoms with Gasteiger partial charge < -0.3 is 5.32 Å². The second kappa shape index (κ2) is 5.97. The Kier molecular flexibility index (Phi) is 4.76. The Balaban J connectivity index is 2.83. The zero-order valence-electron chi connectivity index (χ0n) is 11.5. The smallest absolute Gasteiger partial charge is 0.336 e. The number of nitrogens with zero attached hydrogens (tertiary/aromatic N) is 3. The predicted molar refractivity (Wildman–Crippen MR) is 64.3 cm³/mol. The standard InChI is InChI=1S/C10H14F3N5O3/c1-5(2)14-8(20)15-6(19)4-18-9(21)17(3)7(16-18)10(11,12)13/h5H,4H2,1-3H3,(H2,14,15,19,20). The monoisotopic (exact) mass is 309 g/mol. The zero-order valence-corrected chi connectivity index (χ0v) is 11.5. The highest BCUT2D eigenvalue weighted by Gasteiger charge is 2.38. The molecule has 1 rings (SSSR count). The van der Waals surface area contributed by atoms with Crippen molar-refractivity contribution in [2.45, 2.75) is 32.6 Å². The highest BCUT2D eigenvalue weighted by Crippen LogP contribution is 2.25. The Bertz CT molecular complexity index is 602. The molecule has 3 amide bonds. The summed E-state index contributed by atoms with van der Waals surface area (Å²) in [6.07, 6.45) is -4.81. The van der Waals surface area contributed by atoms with Crippen LogP contribution >= 0.6 is 0 Å². The molecular formula is C10H14F3N5O3. The molecule has 0 bridgehead atoms. The number of nitrogens with one attached hydrogen (secondary N) is 2. The van der Waals surface area contributed by atoms with Crippen molar-refractivity contribution in [3.63, 3.8) is 0 Å². The van der Waals surface area contributed by atoms with Crippen LogP contribution < -0.4 is 16.3 Å². The van der Waals surface area contributed by atoms with Crippen LogP contribution in [0.5, 0.6) is 0 Å². The lowest BCUT2D eigenvalue weighted by Crippen LogP contribution is -2.44. The quantitative estimate of drug-likeness (QED) is 0.810. The van der Waals surface area contributed by atoms with Gasteiger partial charge in [-0.25, -0.2) is 14.3 Å². The second-order valence-electron chi connectivity index (χ2n) is 4.50. The minimum absolute atomic E-state index is 0.229. The minimum Gasteiger partial charge on any atom is -0.336 e. The summed E-state index contributed by atoms with van der Waals surface area (Å²) < 4.78 is 38.2. The van der Waals surface area contributed by atoms with Crippen LogP contribution in [0.3, 0.4) is 0 Å². The van der Waals surface area contributed by atoms with Crippen LogP contribution in [0.2, 0.25) is 0 Å². The fourth-order valence-corrected chi connectivity index (χ4v) is 1.44. The summed E-state index contributed by atoms with van der Waals surface area (Å²) in [5.41, 5.74) is -1.11. The molecule has 1 aromatic rings. The van der Waals surface area contributed by atoms with Crippen molar-refractivity contribution < 1.29 is 22.8 Å². The van der Waals surface area contributed by atoms with E-state index >= 15 is 0 Å². The first-order valence-corrected chi connectivity index (χ1v) is 5.83. The Hall–Kier alpha value is -2.33. The van der Waals surface area contributed by atoms with Crippen molar-refractivity contribution in [1.82, 2.24) is 25.0 Å². The largest absolute Gasteiger partial charge is 0.451 e. The molecule has 0 atom stereocenters. The normalized spacial score (nSPS) is 11.6. The Morgan fingerprint density at radius 2 is 1.90 bits per heavy atom. The SMILES string of the molecule is CC(C)NC(=O)NC(=O)Cn1nc(C(F)(F)F)n(C)c1=O. The van der Waals surface area contributed by atoms with E-state index in [-0.39, 0.29) is 10.6 Å². The van der Waals surface area contributed by atoms with Gasteiger partial charge >= 0.3 is 17.9 Å². The first kappa shape index (κ1) is 16.7. The molecule has 118 valence electrons. The average molecular weight is 309 g/mol. The molecule has 0 fully saturated rings. The van der Waals surface area contributed by atoms with Gasteiger partial charge in [0.15, 0.2) is 0 Å². The first-order chi connectivity index (χ1) is 9.52. The van der Waals surface area contributed by atoms with E-state index in [4.69, 9.17) is 0 Å². The maximum absolute atomic E-state index is 12.5. The van der Waals surface area contributed by atoms with E-state index in [1.807, 2.05) is 5.32 Å². The topological polar surface area (TPSA) is 98.0 Å². The molecule has 8 nitrogen and oxygen atoms in total. The van der Waals surface area contributed by atoms with Gasteiger partial charge in [-0.05, 0) is 13.8 Å². The minimum atomic E-state index is -4.81. The number of alkyl halides is 3. The number of urea groups is 1. The van der Waals surface area contributed by atoms with Gasteiger partial charge in [0, 0.05) is 13.1 Å². The van der Waals surface area contributed by atoms with Gasteiger partial charge in [0.25, 0.3) is 0 Å². The molecule has 0 aliphatic carbocycles. The molecule has 0 unspecified atom stereocenters. The lowest BCUT2D eigenvalue weighted by Gasteiger charge is -2.08. The van der Waals surface area contributed by atoms with E-state index in [0.29, 0.717) is 4.68 Å². The van der Waals surface area contributed by atoms with Crippen molar-refractivity contribution in [2.75, 3.05) is 0 Å². The molecule has 0 aliphatic heterocycles. The number of carbonyl (C=O) groups excluding carboxylic acids is 2. The molecule has 21 heavy (non-hydrogen) atoms. The fourth-order valence-electron chi connectivity index (χ4n) is 1.44. The summed E-state index contributed by atoms with van der Waals surface area (Å²) >= 11 is 0. The van der Waals surface area contributed by atoms with Crippen LogP contribution in [0, 0.1) is 0 Å². The van der Waals surface area contributed by atoms with Gasteiger partial charge in [0.05, 0.1) is 0 Å². The van der Waals surface area contributed by atoms with E-state index in [9.17, 15) is 27.6 Å². The maximum atomic E-state index is 12.5. The number of hydrogen-bond donors (Lipinski definition) is 2. The van der Waals surface area contributed by atoms with Crippen molar-refractivity contribution in [1.29, 1.82) is 0 Å². The number of aromatic nitrogens is 3. The maximum Gasteiger partial charge on any atom is 0.451 e. The third-order valence-corrected chi connectivity index (χ3v) is 2.26. The number of rotatable bonds is 3. The Morgan fingerprint density at radius 1 is 1.33 bits per heavy atom. The van der Waals surface area contributed by atoms with E-state index in [2.05, 4.69) is 10.4 Å². The highest BCUT2D eigenvalue weighted by molar-refractivity contribution is 5.94. The van der Waals surface area contributed by atoms with Gasteiger partial charge in [-0.15, -0.1) is 5.10 Å². The van der Waals surface area contributed by atoms with Crippen LogP contribution in [-0.2, 0) is 24.6 Å². The molecule has 0 aromatic carbocycles. The van der Waals surface area contributed by atoms with Crippen molar-refractivity contribution >= 4 is 11.9 Å². The summed E-state index contributed by atoms with van der Waals surface area (Å²) in [6.45, 7) is 2.51. The number of hydrogen-bond acceptors (Lipinski definition) is 4. The van der Waals surface area contributed by atoms with Crippen LogP contribution in [0.15, 0.2) is 4.79 Å². The van der Waals surface area contributed by atoms with E-state index < -0.39 is 36.2 Å². The van der Waals surface area contributed by atoms with Crippen LogP contribution in [0.1, 0.15) is 19.7 Å². The van der Waals surface area contributed by atoms with E-state index in [0.717, 1.165) is 7.05 Å². The molecule has 11 heteroatoms. The van der Waals surface area contributed by atoms with E-state index in [1.165, 1.54) is 0 Å². The third-order valence-electron chi connectivity index (χ3n) is 2.26. The molecule has 2 N–H and O–H groups in total. The van der Waals surface area contributed by atoms with Crippen LogP contribution in [0.25, 0.3) is 0 Å². The number of halogens is 3. The lowest BCUT2D eigenvalue weighted by molar-refractivity contribution is -0.147. The predicted octanol–water partition coefficient (Wildman–Crippen LogP) is -0.165. The summed E-state index contributed by atoms with van der Waals surface area (Å²) in [6, 6.07) is -1.04. The van der Waals surface area contributed by atoms with Crippen molar-refractivity contribution in [2.24, 2.45) is 7.05 Å². The summed E-state index contributed by atoms with van der Waals surface area (Å²) in [4.78, 5) is 34.2. The molecule has 0 saturated carbocycles. The molecule has 1 heterocycles. The Labute approximate surface area is 116 Å². The zero-order chi connectivity index (χ0) is 16.4. The lowest BCUT2D eigenvalue weighted by atomic mass is 10.4. The number of imide groups is 1. The summed E-state index contributed by atoms with van der Waals surface area (Å²) in [7, 11) is 0.887. The molecule has 1 aromatic heterocycles. The van der Waals surface area contributed by atoms with Gasteiger partial charge in [-0.3, -0.25) is 14.7 Å². The van der Waals surface area contributed by atoms with Crippen molar-refractivity contribution in [3.05, 3.63) is 16.3 Å². The second-order valence-corrected chi connectivity index (χ2v) is 4.50. The highest BCUT2D eigenvalue weighted by atomic mass is 19.4. The average Bonchev–Trinajstić information content (AvgIpc) is 2.55. The molecule has 0 radical (unpaired) electrons. The van der Waals surface area contributed by atoms with Gasteiger partial charge in [0.2, 0.25) is 11.7 Å². The number of amides is 3. The van der Waals surface area contributed by atoms with E-state index in [1.54, 1.807) is 13.8 Å². The van der Waals surface area contributed by atoms with Crippen molar-refractivity contribution in [3.8, 4) is 0 Å². The first-order valence-electron chi connectivity index (χ1n) is 5.83. The van der Waals surface area contributed by atoms with Gasteiger partial charge in [-0.2, -0.15) is 13.2 Å².